The molecule has 1 aliphatic carbocycles. The monoisotopic (exact) mass is 452 g/mol. The van der Waals surface area contributed by atoms with Crippen LogP contribution in [0.5, 0.6) is 0 Å². The van der Waals surface area contributed by atoms with Crippen molar-refractivity contribution >= 4 is 11.7 Å². The lowest BCUT2D eigenvalue weighted by molar-refractivity contribution is -0.144. The molecule has 176 valence electrons. The number of aryl methyl sites for hydroxylation is 2. The number of halogens is 3. The SMILES string of the molecule is Cc1nc2nc(C(F)(F)F)nn2c(C)c1CCC(=O)NC1CCN(CC2CCCC2)CC1. The second kappa shape index (κ2) is 9.33. The summed E-state index contributed by atoms with van der Waals surface area (Å²) in [5.41, 5.74) is 1.84. The van der Waals surface area contributed by atoms with Gasteiger partial charge in [-0.15, -0.1) is 5.10 Å². The van der Waals surface area contributed by atoms with Crippen LogP contribution in [-0.2, 0) is 17.4 Å². The van der Waals surface area contributed by atoms with Crippen molar-refractivity contribution in [2.75, 3.05) is 19.6 Å². The van der Waals surface area contributed by atoms with Crippen LogP contribution >= 0.6 is 0 Å². The lowest BCUT2D eigenvalue weighted by Crippen LogP contribution is -2.45. The van der Waals surface area contributed by atoms with Gasteiger partial charge in [-0.1, -0.05) is 12.8 Å². The molecule has 0 radical (unpaired) electrons. The molecule has 0 bridgehead atoms. The van der Waals surface area contributed by atoms with Gasteiger partial charge in [0.05, 0.1) is 0 Å². The molecule has 0 unspecified atom stereocenters. The number of alkyl halides is 3. The molecule has 1 amide bonds. The zero-order valence-electron chi connectivity index (χ0n) is 18.7. The first-order valence-electron chi connectivity index (χ1n) is 11.5. The number of likely N-dealkylation sites (tertiary alicyclic amines) is 1. The van der Waals surface area contributed by atoms with Gasteiger partial charge in [0.25, 0.3) is 11.6 Å². The maximum absolute atomic E-state index is 12.9. The highest BCUT2D eigenvalue weighted by atomic mass is 19.4. The first-order valence-corrected chi connectivity index (χ1v) is 11.5. The number of hydrogen-bond donors (Lipinski definition) is 1. The third-order valence-corrected chi connectivity index (χ3v) is 6.85. The molecule has 1 N–H and O–H groups in total. The van der Waals surface area contributed by atoms with E-state index in [-0.39, 0.29) is 24.1 Å². The minimum Gasteiger partial charge on any atom is -0.353 e. The number of carbonyl (C=O) groups excluding carboxylic acids is 1. The van der Waals surface area contributed by atoms with Crippen molar-refractivity contribution in [1.82, 2.24) is 29.8 Å². The van der Waals surface area contributed by atoms with Crippen molar-refractivity contribution in [3.05, 3.63) is 22.8 Å². The molecule has 0 atom stereocenters. The smallest absolute Gasteiger partial charge is 0.353 e. The fraction of sp³-hybridized carbons (Fsp3) is 0.727. The summed E-state index contributed by atoms with van der Waals surface area (Å²) < 4.78 is 39.9. The lowest BCUT2D eigenvalue weighted by Gasteiger charge is -2.33. The zero-order valence-corrected chi connectivity index (χ0v) is 18.7. The van der Waals surface area contributed by atoms with E-state index in [4.69, 9.17) is 0 Å². The molecule has 2 aromatic heterocycles. The van der Waals surface area contributed by atoms with Crippen molar-refractivity contribution in [3.63, 3.8) is 0 Å². The third-order valence-electron chi connectivity index (χ3n) is 6.85. The highest BCUT2D eigenvalue weighted by Crippen LogP contribution is 2.28. The molecule has 2 aromatic rings. The van der Waals surface area contributed by atoms with Crippen LogP contribution in [0.3, 0.4) is 0 Å². The van der Waals surface area contributed by atoms with Crippen LogP contribution in [0.15, 0.2) is 0 Å². The second-order valence-electron chi connectivity index (χ2n) is 9.20. The Morgan fingerprint density at radius 1 is 1.09 bits per heavy atom. The Morgan fingerprint density at radius 2 is 1.78 bits per heavy atom. The van der Waals surface area contributed by atoms with Crippen LogP contribution in [0, 0.1) is 19.8 Å². The van der Waals surface area contributed by atoms with Gasteiger partial charge in [0.15, 0.2) is 0 Å². The Hall–Kier alpha value is -2.23. The molecule has 0 aromatic carbocycles. The van der Waals surface area contributed by atoms with Crippen LogP contribution in [0.2, 0.25) is 0 Å². The summed E-state index contributed by atoms with van der Waals surface area (Å²) in [5.74, 6) is -0.477. The van der Waals surface area contributed by atoms with E-state index < -0.39 is 12.0 Å². The highest BCUT2D eigenvalue weighted by Gasteiger charge is 2.37. The maximum atomic E-state index is 12.9. The number of hydrogen-bond acceptors (Lipinski definition) is 5. The first kappa shape index (κ1) is 22.9. The number of nitrogens with zero attached hydrogens (tertiary/aromatic N) is 5. The van der Waals surface area contributed by atoms with Crippen molar-refractivity contribution < 1.29 is 18.0 Å². The minimum atomic E-state index is -4.62. The Balaban J connectivity index is 1.30. The average molecular weight is 453 g/mol. The zero-order chi connectivity index (χ0) is 22.9. The van der Waals surface area contributed by atoms with E-state index in [0.717, 1.165) is 41.9 Å². The number of amides is 1. The minimum absolute atomic E-state index is 0.0345. The number of piperidine rings is 1. The standard InChI is InChI=1S/C22H31F3N6O/c1-14-18(15(2)31-21(26-14)28-20(29-31)22(23,24)25)7-8-19(32)27-17-9-11-30(12-10-17)13-16-5-3-4-6-16/h16-17H,3-13H2,1-2H3,(H,27,32). The molecule has 4 rings (SSSR count). The number of nitrogens with one attached hydrogen (secondary N) is 1. The number of aromatic nitrogens is 4. The van der Waals surface area contributed by atoms with Crippen molar-refractivity contribution in [3.8, 4) is 0 Å². The third kappa shape index (κ3) is 5.22. The molecule has 1 saturated carbocycles. The maximum Gasteiger partial charge on any atom is 0.453 e. The summed E-state index contributed by atoms with van der Waals surface area (Å²) in [4.78, 5) is 22.7. The van der Waals surface area contributed by atoms with Gasteiger partial charge in [-0.05, 0) is 57.4 Å². The topological polar surface area (TPSA) is 75.4 Å². The molecular weight excluding hydrogens is 421 g/mol. The molecule has 2 aliphatic rings. The average Bonchev–Trinajstić information content (AvgIpc) is 3.39. The predicted octanol–water partition coefficient (Wildman–Crippen LogP) is 3.46. The molecule has 10 heteroatoms. The molecule has 7 nitrogen and oxygen atoms in total. The summed E-state index contributed by atoms with van der Waals surface area (Å²) in [7, 11) is 0. The Kier molecular flexibility index (Phi) is 6.69. The van der Waals surface area contributed by atoms with Crippen LogP contribution in [0.25, 0.3) is 5.78 Å². The number of fused-ring (bicyclic) bond motifs is 1. The van der Waals surface area contributed by atoms with Gasteiger partial charge in [0.2, 0.25) is 5.91 Å². The van der Waals surface area contributed by atoms with Crippen LogP contribution in [0.4, 0.5) is 13.2 Å². The van der Waals surface area contributed by atoms with Gasteiger partial charge in [-0.2, -0.15) is 18.2 Å². The fourth-order valence-electron chi connectivity index (χ4n) is 5.05. The van der Waals surface area contributed by atoms with E-state index in [9.17, 15) is 18.0 Å². The van der Waals surface area contributed by atoms with Crippen LogP contribution in [-0.4, -0.2) is 56.1 Å². The van der Waals surface area contributed by atoms with E-state index >= 15 is 0 Å². The van der Waals surface area contributed by atoms with Gasteiger partial charge < -0.3 is 10.2 Å². The molecule has 1 saturated heterocycles. The van der Waals surface area contributed by atoms with Gasteiger partial charge in [0.1, 0.15) is 0 Å². The van der Waals surface area contributed by atoms with Gasteiger partial charge >= 0.3 is 6.18 Å². The van der Waals surface area contributed by atoms with Gasteiger partial charge in [0, 0.05) is 43.5 Å². The lowest BCUT2D eigenvalue weighted by atomic mass is 10.0. The molecule has 0 spiro atoms. The van der Waals surface area contributed by atoms with Crippen molar-refractivity contribution in [1.29, 1.82) is 0 Å². The van der Waals surface area contributed by atoms with E-state index in [2.05, 4.69) is 25.3 Å². The number of rotatable bonds is 6. The largest absolute Gasteiger partial charge is 0.453 e. The van der Waals surface area contributed by atoms with Crippen LogP contribution < -0.4 is 5.32 Å². The number of carbonyl (C=O) groups is 1. The summed E-state index contributed by atoms with van der Waals surface area (Å²) in [5, 5.41) is 6.70. The van der Waals surface area contributed by atoms with E-state index in [0.29, 0.717) is 17.8 Å². The molecule has 3 heterocycles. The Labute approximate surface area is 185 Å². The molecule has 1 aliphatic heterocycles. The van der Waals surface area contributed by atoms with Crippen molar-refractivity contribution in [2.45, 2.75) is 77.4 Å². The van der Waals surface area contributed by atoms with Crippen LogP contribution in [0.1, 0.15) is 67.7 Å². The Morgan fingerprint density at radius 3 is 2.44 bits per heavy atom. The first-order chi connectivity index (χ1) is 15.2. The van der Waals surface area contributed by atoms with Crippen molar-refractivity contribution in [2.24, 2.45) is 5.92 Å². The summed E-state index contributed by atoms with van der Waals surface area (Å²) >= 11 is 0. The quantitative estimate of drug-likeness (QED) is 0.727. The molecule has 32 heavy (non-hydrogen) atoms. The predicted molar refractivity (Wildman–Crippen MR) is 113 cm³/mol. The van der Waals surface area contributed by atoms with E-state index in [1.54, 1.807) is 13.8 Å². The van der Waals surface area contributed by atoms with Gasteiger partial charge in [-0.25, -0.2) is 9.50 Å². The Bertz CT molecular complexity index is 959. The summed E-state index contributed by atoms with van der Waals surface area (Å²) in [6.45, 7) is 6.64. The fourth-order valence-corrected chi connectivity index (χ4v) is 5.05. The normalized spacial score (nSPS) is 19.2. The van der Waals surface area contributed by atoms with E-state index in [1.165, 1.54) is 32.2 Å². The highest BCUT2D eigenvalue weighted by molar-refractivity contribution is 5.76. The molecular formula is C22H31F3N6O. The van der Waals surface area contributed by atoms with Gasteiger partial charge in [-0.3, -0.25) is 4.79 Å². The second-order valence-corrected chi connectivity index (χ2v) is 9.20. The summed E-state index contributed by atoms with van der Waals surface area (Å²) in [6, 6.07) is 0.190. The summed E-state index contributed by atoms with van der Waals surface area (Å²) in [6.07, 6.45) is 3.38. The van der Waals surface area contributed by atoms with E-state index in [1.807, 2.05) is 0 Å². The molecule has 2 fully saturated rings.